The molecule has 0 amide bonds. The number of H-pyrrole nitrogens is 1. The van der Waals surface area contributed by atoms with Crippen LogP contribution in [0.3, 0.4) is 0 Å². The average molecular weight is 202 g/mol. The lowest BCUT2D eigenvalue weighted by atomic mass is 10.4. The molecule has 1 aromatic rings. The third-order valence-corrected chi connectivity index (χ3v) is 2.12. The van der Waals surface area contributed by atoms with E-state index in [1.807, 2.05) is 0 Å². The maximum atomic E-state index is 11.1. The Morgan fingerprint density at radius 3 is 2.46 bits per heavy atom. The number of aromatic amines is 1. The minimum atomic E-state index is -0.655. The molecule has 6 nitrogen and oxygen atoms in total. The SMILES string of the molecule is COC(=O)c1n[nH]pc1C(=O)OC. The molecular weight excluding hydrogens is 195 g/mol. The second kappa shape index (κ2) is 4.00. The lowest BCUT2D eigenvalue weighted by Crippen LogP contribution is -2.09. The van der Waals surface area contributed by atoms with Gasteiger partial charge in [0.05, 0.1) is 14.2 Å². The van der Waals surface area contributed by atoms with Gasteiger partial charge in [-0.2, -0.15) is 5.10 Å². The van der Waals surface area contributed by atoms with E-state index in [0.29, 0.717) is 8.35 Å². The molecule has 0 saturated heterocycles. The molecule has 1 N–H and O–H groups in total. The number of nitrogens with one attached hydrogen (secondary N) is 1. The van der Waals surface area contributed by atoms with E-state index >= 15 is 0 Å². The molecule has 0 spiro atoms. The predicted molar refractivity (Wildman–Crippen MR) is 43.8 cm³/mol. The van der Waals surface area contributed by atoms with Gasteiger partial charge in [0.25, 0.3) is 0 Å². The Kier molecular flexibility index (Phi) is 2.97. The fraction of sp³-hybridized carbons (Fsp3) is 0.333. The number of ether oxygens (including phenoxy) is 2. The largest absolute Gasteiger partial charge is 0.465 e. The Morgan fingerprint density at radius 2 is 1.92 bits per heavy atom. The maximum Gasteiger partial charge on any atom is 0.359 e. The van der Waals surface area contributed by atoms with Crippen LogP contribution in [0.25, 0.3) is 0 Å². The monoisotopic (exact) mass is 202 g/mol. The van der Waals surface area contributed by atoms with Crippen LogP contribution in [0.2, 0.25) is 0 Å². The second-order valence-corrected chi connectivity index (χ2v) is 2.87. The number of nitrogens with zero attached hydrogens (tertiary/aromatic N) is 1. The van der Waals surface area contributed by atoms with E-state index in [9.17, 15) is 9.59 Å². The highest BCUT2D eigenvalue weighted by Crippen LogP contribution is 2.16. The molecule has 0 aliphatic rings. The number of hydrogen-bond donors (Lipinski definition) is 1. The summed E-state index contributed by atoms with van der Waals surface area (Å²) in [7, 11) is 2.88. The Hall–Kier alpha value is -1.42. The fourth-order valence-electron chi connectivity index (χ4n) is 0.709. The molecule has 1 heterocycles. The summed E-state index contributed by atoms with van der Waals surface area (Å²) >= 11 is 0. The first-order chi connectivity index (χ1) is 6.20. The van der Waals surface area contributed by atoms with E-state index in [1.54, 1.807) is 0 Å². The minimum Gasteiger partial charge on any atom is -0.465 e. The van der Waals surface area contributed by atoms with Crippen molar-refractivity contribution >= 4 is 20.3 Å². The highest BCUT2D eigenvalue weighted by atomic mass is 31.0. The van der Waals surface area contributed by atoms with E-state index in [2.05, 4.69) is 19.4 Å². The van der Waals surface area contributed by atoms with E-state index < -0.39 is 11.9 Å². The van der Waals surface area contributed by atoms with Crippen LogP contribution in [-0.2, 0) is 9.47 Å². The number of carbonyl (C=O) groups is 2. The van der Waals surface area contributed by atoms with Crippen molar-refractivity contribution < 1.29 is 19.1 Å². The van der Waals surface area contributed by atoms with Gasteiger partial charge in [-0.05, 0) is 0 Å². The number of carbonyl (C=O) groups excluding carboxylic acids is 2. The van der Waals surface area contributed by atoms with Crippen molar-refractivity contribution in [2.24, 2.45) is 0 Å². The highest BCUT2D eigenvalue weighted by molar-refractivity contribution is 7.28. The molecule has 0 aliphatic heterocycles. The van der Waals surface area contributed by atoms with Crippen LogP contribution in [-0.4, -0.2) is 36.1 Å². The van der Waals surface area contributed by atoms with Gasteiger partial charge in [-0.3, -0.25) is 4.86 Å². The standard InChI is InChI=1S/C6H7N2O4P/c1-11-5(9)3-4(6(10)12-2)13-8-7-3/h1-2H3,(H,7,8). The molecular formula is C6H7N2O4P. The van der Waals surface area contributed by atoms with E-state index in [-0.39, 0.29) is 11.0 Å². The summed E-state index contributed by atoms with van der Waals surface area (Å²) in [6.45, 7) is 0. The van der Waals surface area contributed by atoms with E-state index in [4.69, 9.17) is 0 Å². The Balaban J connectivity index is 3.02. The lowest BCUT2D eigenvalue weighted by Gasteiger charge is -1.96. The van der Waals surface area contributed by atoms with Crippen LogP contribution in [0.15, 0.2) is 0 Å². The zero-order valence-corrected chi connectivity index (χ0v) is 7.92. The van der Waals surface area contributed by atoms with Crippen LogP contribution in [0, 0.1) is 0 Å². The van der Waals surface area contributed by atoms with Gasteiger partial charge in [-0.1, -0.05) is 0 Å². The van der Waals surface area contributed by atoms with Gasteiger partial charge in [-0.25, -0.2) is 9.59 Å². The number of rotatable bonds is 2. The Bertz CT molecular complexity index is 305. The minimum absolute atomic E-state index is 0.0315. The summed E-state index contributed by atoms with van der Waals surface area (Å²) < 4.78 is 8.86. The molecule has 70 valence electrons. The Morgan fingerprint density at radius 1 is 1.31 bits per heavy atom. The lowest BCUT2D eigenvalue weighted by molar-refractivity contribution is 0.0555. The van der Waals surface area contributed by atoms with Crippen LogP contribution >= 0.6 is 8.35 Å². The van der Waals surface area contributed by atoms with E-state index in [0.717, 1.165) is 0 Å². The molecule has 0 radical (unpaired) electrons. The quantitative estimate of drug-likeness (QED) is 0.708. The number of methoxy groups -OCH3 is 2. The number of esters is 2. The van der Waals surface area contributed by atoms with Gasteiger partial charge in [0.2, 0.25) is 0 Å². The summed E-state index contributed by atoms with van der Waals surface area (Å²) in [6.07, 6.45) is 0. The molecule has 0 aliphatic carbocycles. The van der Waals surface area contributed by atoms with Gasteiger partial charge >= 0.3 is 11.9 Å². The molecule has 13 heavy (non-hydrogen) atoms. The average Bonchev–Trinajstić information content (AvgIpc) is 2.63. The van der Waals surface area contributed by atoms with Gasteiger partial charge < -0.3 is 9.47 Å². The van der Waals surface area contributed by atoms with E-state index in [1.165, 1.54) is 14.2 Å². The fourth-order valence-corrected chi connectivity index (χ4v) is 1.39. The van der Waals surface area contributed by atoms with Crippen LogP contribution < -0.4 is 0 Å². The van der Waals surface area contributed by atoms with Crippen molar-refractivity contribution in [2.75, 3.05) is 14.2 Å². The van der Waals surface area contributed by atoms with Crippen molar-refractivity contribution in [3.8, 4) is 0 Å². The molecule has 0 atom stereocenters. The highest BCUT2D eigenvalue weighted by Gasteiger charge is 2.21. The summed E-state index contributed by atoms with van der Waals surface area (Å²) in [5.41, 5.74) is -0.0315. The van der Waals surface area contributed by atoms with Crippen molar-refractivity contribution in [3.05, 3.63) is 11.0 Å². The maximum absolute atomic E-state index is 11.1. The first kappa shape index (κ1) is 9.67. The smallest absolute Gasteiger partial charge is 0.359 e. The zero-order valence-electron chi connectivity index (χ0n) is 7.03. The van der Waals surface area contributed by atoms with Crippen molar-refractivity contribution in [2.45, 2.75) is 0 Å². The molecule has 0 fully saturated rings. The Labute approximate surface area is 75.4 Å². The van der Waals surface area contributed by atoms with Crippen LogP contribution in [0.4, 0.5) is 0 Å². The van der Waals surface area contributed by atoms with Gasteiger partial charge in [0.15, 0.2) is 5.69 Å². The zero-order chi connectivity index (χ0) is 9.84. The molecule has 0 unspecified atom stereocenters. The third kappa shape index (κ3) is 1.84. The summed E-state index contributed by atoms with van der Waals surface area (Å²) in [5.74, 6) is -1.24. The molecule has 0 aromatic carbocycles. The summed E-state index contributed by atoms with van der Waals surface area (Å²) in [5, 5.41) is 3.76. The molecule has 7 heteroatoms. The topological polar surface area (TPSA) is 81.3 Å². The molecule has 0 bridgehead atoms. The van der Waals surface area contributed by atoms with Crippen molar-refractivity contribution in [1.29, 1.82) is 0 Å². The number of aromatic nitrogens is 2. The number of hydrogen-bond acceptors (Lipinski definition) is 5. The normalized spacial score (nSPS) is 10.0. The summed E-state index contributed by atoms with van der Waals surface area (Å²) in [6, 6.07) is 0. The van der Waals surface area contributed by atoms with Crippen LogP contribution in [0.1, 0.15) is 20.6 Å². The van der Waals surface area contributed by atoms with Crippen molar-refractivity contribution in [3.63, 3.8) is 0 Å². The summed E-state index contributed by atoms with van der Waals surface area (Å²) in [4.78, 5) is 24.5. The van der Waals surface area contributed by atoms with Crippen molar-refractivity contribution in [1.82, 2.24) is 9.96 Å². The van der Waals surface area contributed by atoms with Gasteiger partial charge in [0, 0.05) is 8.35 Å². The second-order valence-electron chi connectivity index (χ2n) is 2.00. The molecule has 1 aromatic heterocycles. The third-order valence-electron chi connectivity index (χ3n) is 1.31. The molecule has 1 rings (SSSR count). The van der Waals surface area contributed by atoms with Gasteiger partial charge in [0.1, 0.15) is 5.30 Å². The van der Waals surface area contributed by atoms with Crippen LogP contribution in [0.5, 0.6) is 0 Å². The predicted octanol–water partition coefficient (Wildman–Crippen LogP) is 0.563. The molecule has 0 saturated carbocycles. The first-order valence-corrected chi connectivity index (χ1v) is 4.17. The first-order valence-electron chi connectivity index (χ1n) is 3.28. The van der Waals surface area contributed by atoms with Gasteiger partial charge in [-0.15, -0.1) is 0 Å².